The topological polar surface area (TPSA) is 29.5 Å². The minimum Gasteiger partial charge on any atom is -0.462 e. The second-order valence-corrected chi connectivity index (χ2v) is 15.1. The quantitative estimate of drug-likeness (QED) is 0.0372. The summed E-state index contributed by atoms with van der Waals surface area (Å²) in [5.41, 5.74) is 0.499. The van der Waals surface area contributed by atoms with Gasteiger partial charge >= 0.3 is 5.97 Å². The maximum atomic E-state index is 11.7. The molecule has 47 heavy (non-hydrogen) atoms. The Morgan fingerprint density at radius 1 is 0.404 bits per heavy atom. The molecule has 0 atom stereocenters. The summed E-state index contributed by atoms with van der Waals surface area (Å²) in [5, 5.41) is 0. The molecule has 0 aliphatic heterocycles. The van der Waals surface area contributed by atoms with Crippen molar-refractivity contribution < 1.29 is 9.53 Å². The minimum atomic E-state index is -0.247. The highest BCUT2D eigenvalue weighted by atomic mass is 16.5. The standard InChI is InChI=1S/C44H87NO2/c1-5-7-9-11-13-15-17-19-21-23-25-27-29-31-33-35-39-45(41-37-38-42-47-44(46)43(3)4)40-36-34-32-30-28-26-24-22-20-18-16-14-12-10-8-6-2/h3,5-42H2,1-2,4H3. The molecule has 0 fully saturated rings. The van der Waals surface area contributed by atoms with Gasteiger partial charge in [0.25, 0.3) is 0 Å². The zero-order valence-corrected chi connectivity index (χ0v) is 32.8. The van der Waals surface area contributed by atoms with Gasteiger partial charge in [-0.2, -0.15) is 0 Å². The molecule has 0 aromatic heterocycles. The molecule has 0 saturated heterocycles. The van der Waals surface area contributed by atoms with E-state index in [1.54, 1.807) is 6.92 Å². The largest absolute Gasteiger partial charge is 0.462 e. The molecule has 0 heterocycles. The van der Waals surface area contributed by atoms with E-state index >= 15 is 0 Å². The van der Waals surface area contributed by atoms with Crippen LogP contribution in [-0.2, 0) is 9.53 Å². The molecule has 0 aromatic carbocycles. The number of ether oxygens (including phenoxy) is 1. The fraction of sp³-hybridized carbons (Fsp3) is 0.932. The highest BCUT2D eigenvalue weighted by Gasteiger charge is 2.07. The molecule has 280 valence electrons. The maximum absolute atomic E-state index is 11.7. The van der Waals surface area contributed by atoms with Crippen molar-refractivity contribution in [3.8, 4) is 0 Å². The van der Waals surface area contributed by atoms with Crippen LogP contribution in [0.4, 0.5) is 0 Å². The van der Waals surface area contributed by atoms with E-state index in [1.807, 2.05) is 0 Å². The number of unbranched alkanes of at least 4 members (excludes halogenated alkanes) is 31. The summed E-state index contributed by atoms with van der Waals surface area (Å²) in [4.78, 5) is 14.4. The van der Waals surface area contributed by atoms with Crippen LogP contribution in [0.15, 0.2) is 12.2 Å². The van der Waals surface area contributed by atoms with Gasteiger partial charge in [-0.15, -0.1) is 0 Å². The zero-order valence-electron chi connectivity index (χ0n) is 32.8. The van der Waals surface area contributed by atoms with Crippen molar-refractivity contribution >= 4 is 5.97 Å². The summed E-state index contributed by atoms with van der Waals surface area (Å²) in [7, 11) is 0. The first kappa shape index (κ1) is 46.2. The number of hydrogen-bond donors (Lipinski definition) is 0. The van der Waals surface area contributed by atoms with Gasteiger partial charge in [-0.1, -0.05) is 213 Å². The summed E-state index contributed by atoms with van der Waals surface area (Å²) in [6.45, 7) is 14.2. The van der Waals surface area contributed by atoms with Gasteiger partial charge in [0, 0.05) is 5.57 Å². The van der Waals surface area contributed by atoms with E-state index in [4.69, 9.17) is 4.74 Å². The van der Waals surface area contributed by atoms with Crippen molar-refractivity contribution in [3.63, 3.8) is 0 Å². The highest BCUT2D eigenvalue weighted by molar-refractivity contribution is 5.86. The van der Waals surface area contributed by atoms with Gasteiger partial charge in [0.05, 0.1) is 6.61 Å². The van der Waals surface area contributed by atoms with E-state index in [0.717, 1.165) is 19.4 Å². The Kier molecular flexibility index (Phi) is 38.9. The fourth-order valence-electron chi connectivity index (χ4n) is 6.83. The molecule has 0 spiro atoms. The smallest absolute Gasteiger partial charge is 0.333 e. The summed E-state index contributed by atoms with van der Waals surface area (Å²) in [6, 6.07) is 0. The number of carbonyl (C=O) groups is 1. The van der Waals surface area contributed by atoms with E-state index in [9.17, 15) is 4.79 Å². The van der Waals surface area contributed by atoms with E-state index in [1.165, 1.54) is 219 Å². The Balaban J connectivity index is 3.86. The van der Waals surface area contributed by atoms with Gasteiger partial charge < -0.3 is 9.64 Å². The van der Waals surface area contributed by atoms with Gasteiger partial charge in [-0.3, -0.25) is 0 Å². The van der Waals surface area contributed by atoms with Crippen molar-refractivity contribution in [1.82, 2.24) is 4.90 Å². The van der Waals surface area contributed by atoms with E-state index in [2.05, 4.69) is 25.3 Å². The van der Waals surface area contributed by atoms with Crippen molar-refractivity contribution in [2.45, 2.75) is 239 Å². The molecular weight excluding hydrogens is 574 g/mol. The van der Waals surface area contributed by atoms with Gasteiger partial charge in [-0.05, 0) is 52.2 Å². The van der Waals surface area contributed by atoms with Gasteiger partial charge in [-0.25, -0.2) is 4.79 Å². The first-order valence-corrected chi connectivity index (χ1v) is 21.7. The second-order valence-electron chi connectivity index (χ2n) is 15.1. The molecule has 0 amide bonds. The zero-order chi connectivity index (χ0) is 34.3. The van der Waals surface area contributed by atoms with Gasteiger partial charge in [0.1, 0.15) is 0 Å². The highest BCUT2D eigenvalue weighted by Crippen LogP contribution is 2.16. The lowest BCUT2D eigenvalue weighted by atomic mass is 10.0. The Labute approximate surface area is 297 Å². The van der Waals surface area contributed by atoms with Crippen LogP contribution in [0, 0.1) is 0 Å². The van der Waals surface area contributed by atoms with Crippen LogP contribution in [0.3, 0.4) is 0 Å². The maximum Gasteiger partial charge on any atom is 0.333 e. The molecule has 0 aromatic rings. The molecule has 0 bridgehead atoms. The predicted molar refractivity (Wildman–Crippen MR) is 211 cm³/mol. The van der Waals surface area contributed by atoms with E-state index in [0.29, 0.717) is 12.2 Å². The summed E-state index contributed by atoms with van der Waals surface area (Å²) >= 11 is 0. The summed E-state index contributed by atoms with van der Waals surface area (Å²) < 4.78 is 5.32. The third-order valence-corrected chi connectivity index (χ3v) is 10.1. The number of rotatable bonds is 40. The molecule has 0 aliphatic rings. The minimum absolute atomic E-state index is 0.247. The third kappa shape index (κ3) is 37.8. The van der Waals surface area contributed by atoms with Crippen LogP contribution < -0.4 is 0 Å². The Morgan fingerprint density at radius 3 is 0.894 bits per heavy atom. The van der Waals surface area contributed by atoms with Crippen molar-refractivity contribution in [2.75, 3.05) is 26.2 Å². The monoisotopic (exact) mass is 662 g/mol. The molecule has 0 radical (unpaired) electrons. The Morgan fingerprint density at radius 2 is 0.638 bits per heavy atom. The lowest BCUT2D eigenvalue weighted by Crippen LogP contribution is -2.27. The molecule has 3 nitrogen and oxygen atoms in total. The van der Waals surface area contributed by atoms with Crippen LogP contribution in [0.25, 0.3) is 0 Å². The van der Waals surface area contributed by atoms with Crippen LogP contribution in [0.5, 0.6) is 0 Å². The summed E-state index contributed by atoms with van der Waals surface area (Å²) in [6.07, 6.45) is 47.7. The second kappa shape index (κ2) is 39.6. The lowest BCUT2D eigenvalue weighted by Gasteiger charge is -2.22. The number of hydrogen-bond acceptors (Lipinski definition) is 3. The average Bonchev–Trinajstić information content (AvgIpc) is 3.07. The van der Waals surface area contributed by atoms with Crippen LogP contribution in [0.1, 0.15) is 239 Å². The SMILES string of the molecule is C=C(C)C(=O)OCCCCN(CCCCCCCCCCCCCCCCCC)CCCCCCCCCCCCCCCCCC. The van der Waals surface area contributed by atoms with E-state index in [-0.39, 0.29) is 5.97 Å². The van der Waals surface area contributed by atoms with Crippen LogP contribution in [-0.4, -0.2) is 37.1 Å². The molecule has 0 aliphatic carbocycles. The first-order chi connectivity index (χ1) is 23.1. The molecule has 3 heteroatoms. The summed E-state index contributed by atoms with van der Waals surface area (Å²) in [5.74, 6) is -0.247. The Hall–Kier alpha value is -0.830. The van der Waals surface area contributed by atoms with Gasteiger partial charge in [0.2, 0.25) is 0 Å². The Bertz CT molecular complexity index is 596. The number of nitrogens with zero attached hydrogens (tertiary/aromatic N) is 1. The lowest BCUT2D eigenvalue weighted by molar-refractivity contribution is -0.139. The number of carbonyl (C=O) groups excluding carboxylic acids is 1. The molecular formula is C44H87NO2. The van der Waals surface area contributed by atoms with Crippen LogP contribution in [0.2, 0.25) is 0 Å². The van der Waals surface area contributed by atoms with Crippen LogP contribution >= 0.6 is 0 Å². The van der Waals surface area contributed by atoms with Crippen molar-refractivity contribution in [2.24, 2.45) is 0 Å². The first-order valence-electron chi connectivity index (χ1n) is 21.7. The third-order valence-electron chi connectivity index (χ3n) is 10.1. The van der Waals surface area contributed by atoms with E-state index < -0.39 is 0 Å². The van der Waals surface area contributed by atoms with Crippen molar-refractivity contribution in [3.05, 3.63) is 12.2 Å². The molecule has 0 unspecified atom stereocenters. The average molecular weight is 662 g/mol. The van der Waals surface area contributed by atoms with Crippen molar-refractivity contribution in [1.29, 1.82) is 0 Å². The molecule has 0 N–H and O–H groups in total. The van der Waals surface area contributed by atoms with Gasteiger partial charge in [0.15, 0.2) is 0 Å². The predicted octanol–water partition coefficient (Wildman–Crippen LogP) is 14.7. The molecule has 0 saturated carbocycles. The normalized spacial score (nSPS) is 11.5. The fourth-order valence-corrected chi connectivity index (χ4v) is 6.83. The molecule has 0 rings (SSSR count). The number of esters is 1.